The molecule has 2 aromatic carbocycles. The van der Waals surface area contributed by atoms with E-state index in [1.54, 1.807) is 21.1 Å². The summed E-state index contributed by atoms with van der Waals surface area (Å²) in [7, 11) is 11.5. The van der Waals surface area contributed by atoms with Crippen LogP contribution >= 0.6 is 0 Å². The van der Waals surface area contributed by atoms with Crippen LogP contribution in [0.15, 0.2) is 30.3 Å². The summed E-state index contributed by atoms with van der Waals surface area (Å²) in [5, 5.41) is 17.4. The van der Waals surface area contributed by atoms with Crippen molar-refractivity contribution in [1.29, 1.82) is 0 Å². The Labute approximate surface area is 255 Å². The Hall–Kier alpha value is -3.58. The van der Waals surface area contributed by atoms with E-state index >= 15 is 0 Å². The number of fused-ring (bicyclic) bond motifs is 1. The number of benzene rings is 2. The zero-order chi connectivity index (χ0) is 31.1. The number of methoxy groups -OCH3 is 2. The molecule has 1 aliphatic heterocycles. The molecule has 0 amide bonds. The number of nitrogens with two attached hydrogens (primary N) is 1. The Balaban J connectivity index is 1.51. The van der Waals surface area contributed by atoms with Crippen LogP contribution in [0.4, 0.5) is 17.5 Å². The van der Waals surface area contributed by atoms with E-state index in [0.717, 1.165) is 50.2 Å². The Morgan fingerprint density at radius 3 is 2.37 bits per heavy atom. The van der Waals surface area contributed by atoms with Crippen LogP contribution in [-0.2, 0) is 6.54 Å². The molecule has 2 heterocycles. The average molecular weight is 597 g/mol. The maximum atomic E-state index is 9.92. The molecule has 1 saturated heterocycles. The van der Waals surface area contributed by atoms with Gasteiger partial charge in [0.05, 0.1) is 25.8 Å². The van der Waals surface area contributed by atoms with Gasteiger partial charge in [0.1, 0.15) is 24.3 Å². The minimum atomic E-state index is -0.776. The van der Waals surface area contributed by atoms with Gasteiger partial charge in [-0.25, -0.2) is 4.98 Å². The molecule has 43 heavy (non-hydrogen) atoms. The average Bonchev–Trinajstić information content (AvgIpc) is 2.97. The molecular weight excluding hydrogens is 548 g/mol. The van der Waals surface area contributed by atoms with Crippen molar-refractivity contribution in [3.05, 3.63) is 35.9 Å². The van der Waals surface area contributed by atoms with Crippen LogP contribution < -0.4 is 35.5 Å². The second kappa shape index (κ2) is 14.7. The van der Waals surface area contributed by atoms with E-state index in [-0.39, 0.29) is 6.04 Å². The fourth-order valence-corrected chi connectivity index (χ4v) is 5.16. The molecule has 0 bridgehead atoms. The van der Waals surface area contributed by atoms with Gasteiger partial charge in [-0.3, -0.25) is 4.90 Å². The van der Waals surface area contributed by atoms with Crippen LogP contribution in [0.1, 0.15) is 25.3 Å². The number of aromatic nitrogens is 2. The number of hydrogen-bond acceptors (Lipinski definition) is 12. The predicted molar refractivity (Wildman–Crippen MR) is 173 cm³/mol. The summed E-state index contributed by atoms with van der Waals surface area (Å²) in [6.07, 6.45) is 0.392. The Bertz CT molecular complexity index is 1350. The van der Waals surface area contributed by atoms with Gasteiger partial charge in [-0.1, -0.05) is 6.07 Å². The van der Waals surface area contributed by atoms with Crippen LogP contribution in [0, 0.1) is 0 Å². The predicted octanol–water partition coefficient (Wildman–Crippen LogP) is 2.81. The number of piperidine rings is 1. The lowest BCUT2D eigenvalue weighted by atomic mass is 10.0. The third-order valence-corrected chi connectivity index (χ3v) is 7.71. The highest BCUT2D eigenvalue weighted by Gasteiger charge is 2.24. The van der Waals surface area contributed by atoms with Crippen LogP contribution in [0.25, 0.3) is 10.9 Å². The van der Waals surface area contributed by atoms with Crippen LogP contribution in [0.2, 0.25) is 0 Å². The molecule has 12 nitrogen and oxygen atoms in total. The minimum Gasteiger partial charge on any atom is -0.493 e. The number of anilines is 3. The van der Waals surface area contributed by atoms with Crippen molar-refractivity contribution >= 4 is 28.4 Å². The van der Waals surface area contributed by atoms with Crippen molar-refractivity contribution in [3.8, 4) is 17.2 Å². The second-order valence-electron chi connectivity index (χ2n) is 11.5. The molecule has 0 spiro atoms. The van der Waals surface area contributed by atoms with Crippen LogP contribution in [0.3, 0.4) is 0 Å². The van der Waals surface area contributed by atoms with Crippen LogP contribution in [-0.4, -0.2) is 112 Å². The molecule has 2 atom stereocenters. The number of rotatable bonds is 14. The first kappa shape index (κ1) is 32.3. The van der Waals surface area contributed by atoms with Crippen molar-refractivity contribution in [1.82, 2.24) is 19.8 Å². The van der Waals surface area contributed by atoms with Crippen LogP contribution in [0.5, 0.6) is 17.2 Å². The lowest BCUT2D eigenvalue weighted by Crippen LogP contribution is -2.40. The number of aliphatic hydroxyl groups excluding tert-OH is 1. The molecule has 0 aliphatic carbocycles. The van der Waals surface area contributed by atoms with Crippen molar-refractivity contribution in [2.24, 2.45) is 5.73 Å². The third kappa shape index (κ3) is 8.29. The lowest BCUT2D eigenvalue weighted by molar-refractivity contribution is 0.173. The fraction of sp³-hybridized carbons (Fsp3) is 0.548. The number of aliphatic hydroxyl groups is 1. The number of nitrogens with one attached hydrogen (secondary N) is 2. The number of likely N-dealkylation sites (N-methyl/N-ethyl adjacent to an activating group) is 1. The standard InChI is InChI=1S/C31H48N8O4/c1-20(40)29(32)35-31-34-24-18-28(42-7)27(41-6)17-22(24)30(36-31)33-21-11-13-39(14-12-21)19-23-25(38(4)5)9-8-10-26(23)43-16-15-37(2)3/h8-10,17-18,20-21,29,40H,11-16,19,32H2,1-7H3,(H2,33,34,35,36). The molecule has 1 aliphatic rings. The molecule has 0 saturated carbocycles. The molecule has 0 radical (unpaired) electrons. The monoisotopic (exact) mass is 596 g/mol. The highest BCUT2D eigenvalue weighted by molar-refractivity contribution is 5.92. The lowest BCUT2D eigenvalue weighted by Gasteiger charge is -2.34. The zero-order valence-corrected chi connectivity index (χ0v) is 26.6. The molecule has 1 aromatic heterocycles. The summed E-state index contributed by atoms with van der Waals surface area (Å²) in [6.45, 7) is 5.79. The second-order valence-corrected chi connectivity index (χ2v) is 11.5. The molecule has 2 unspecified atom stereocenters. The van der Waals surface area contributed by atoms with E-state index in [4.69, 9.17) is 24.9 Å². The summed E-state index contributed by atoms with van der Waals surface area (Å²) >= 11 is 0. The maximum Gasteiger partial charge on any atom is 0.226 e. The maximum absolute atomic E-state index is 9.92. The molecule has 4 rings (SSSR count). The molecule has 3 aromatic rings. The van der Waals surface area contributed by atoms with Gasteiger partial charge in [0.25, 0.3) is 0 Å². The summed E-state index contributed by atoms with van der Waals surface area (Å²) in [4.78, 5) is 16.2. The highest BCUT2D eigenvalue weighted by atomic mass is 16.5. The van der Waals surface area contributed by atoms with E-state index in [2.05, 4.69) is 76.7 Å². The van der Waals surface area contributed by atoms with Gasteiger partial charge < -0.3 is 45.5 Å². The first-order valence-corrected chi connectivity index (χ1v) is 14.8. The molecule has 12 heteroatoms. The van der Waals surface area contributed by atoms with E-state index in [9.17, 15) is 5.11 Å². The Kier molecular flexibility index (Phi) is 11.1. The van der Waals surface area contributed by atoms with Gasteiger partial charge in [0.2, 0.25) is 5.95 Å². The third-order valence-electron chi connectivity index (χ3n) is 7.71. The van der Waals surface area contributed by atoms with Crippen molar-refractivity contribution in [2.45, 2.75) is 44.6 Å². The van der Waals surface area contributed by atoms with Gasteiger partial charge in [0.15, 0.2) is 11.5 Å². The molecular formula is C31H48N8O4. The minimum absolute atomic E-state index is 0.209. The van der Waals surface area contributed by atoms with Gasteiger partial charge in [-0.05, 0) is 52.1 Å². The number of ether oxygens (including phenoxy) is 3. The Morgan fingerprint density at radius 2 is 1.74 bits per heavy atom. The first-order chi connectivity index (χ1) is 20.6. The van der Waals surface area contributed by atoms with Gasteiger partial charge in [-0.2, -0.15) is 4.98 Å². The highest BCUT2D eigenvalue weighted by Crippen LogP contribution is 2.36. The zero-order valence-electron chi connectivity index (χ0n) is 26.6. The first-order valence-electron chi connectivity index (χ1n) is 14.8. The summed E-state index contributed by atoms with van der Waals surface area (Å²) in [5.74, 6) is 3.12. The Morgan fingerprint density at radius 1 is 1.05 bits per heavy atom. The number of hydrogen-bond donors (Lipinski definition) is 4. The smallest absolute Gasteiger partial charge is 0.226 e. The van der Waals surface area contributed by atoms with E-state index < -0.39 is 12.3 Å². The van der Waals surface area contributed by atoms with Gasteiger partial charge in [-0.15, -0.1) is 0 Å². The quantitative estimate of drug-likeness (QED) is 0.204. The summed E-state index contributed by atoms with van der Waals surface area (Å²) < 4.78 is 17.3. The van der Waals surface area contributed by atoms with E-state index in [1.165, 1.54) is 11.3 Å². The normalized spacial score (nSPS) is 15.8. The van der Waals surface area contributed by atoms with Crippen molar-refractivity contribution in [3.63, 3.8) is 0 Å². The van der Waals surface area contributed by atoms with Gasteiger partial charge in [0, 0.05) is 69.0 Å². The number of nitrogens with zero attached hydrogens (tertiary/aromatic N) is 5. The molecule has 236 valence electrons. The molecule has 1 fully saturated rings. The van der Waals surface area contributed by atoms with Gasteiger partial charge >= 0.3 is 0 Å². The van der Waals surface area contributed by atoms with E-state index in [1.807, 2.05) is 12.1 Å². The topological polar surface area (TPSA) is 134 Å². The summed E-state index contributed by atoms with van der Waals surface area (Å²) in [6, 6.07) is 10.2. The van der Waals surface area contributed by atoms with Crippen molar-refractivity contribution < 1.29 is 19.3 Å². The molecule has 5 N–H and O–H groups in total. The fourth-order valence-electron chi connectivity index (χ4n) is 5.16. The van der Waals surface area contributed by atoms with E-state index in [0.29, 0.717) is 35.4 Å². The van der Waals surface area contributed by atoms with Crippen molar-refractivity contribution in [2.75, 3.05) is 84.2 Å². The summed E-state index contributed by atoms with van der Waals surface area (Å²) in [5.41, 5.74) is 9.13. The number of likely N-dealkylation sites (tertiary alicyclic amines) is 1. The largest absolute Gasteiger partial charge is 0.493 e. The SMILES string of the molecule is COc1cc2nc(NC(N)C(C)O)nc(NC3CCN(Cc4c(OCCN(C)C)cccc4N(C)C)CC3)c2cc1OC.